The monoisotopic (exact) mass is 417 g/mol. The van der Waals surface area contributed by atoms with E-state index in [1.165, 1.54) is 0 Å². The Hall–Kier alpha value is -1.53. The molecule has 2 aromatic carbocycles. The van der Waals surface area contributed by atoms with E-state index in [0.29, 0.717) is 10.6 Å². The van der Waals surface area contributed by atoms with E-state index in [9.17, 15) is 4.79 Å². The highest BCUT2D eigenvalue weighted by Gasteiger charge is 2.43. The van der Waals surface area contributed by atoms with Gasteiger partial charge >= 0.3 is 0 Å². The van der Waals surface area contributed by atoms with Crippen molar-refractivity contribution in [1.29, 1.82) is 0 Å². The van der Waals surface area contributed by atoms with Gasteiger partial charge in [-0.05, 0) is 51.1 Å². The average molecular weight is 418 g/mol. The van der Waals surface area contributed by atoms with Gasteiger partial charge in [-0.2, -0.15) is 0 Å². The standard InChI is InChI=1S/C20H16ClNOS3/c1-11-4-6-12(7-5-11)18(23)22-15-9-8-13(21)10-14(15)16-17(20(22,2)3)25-26-19(16)24/h4-10H,1-3H3. The van der Waals surface area contributed by atoms with Gasteiger partial charge in [0.1, 0.15) is 3.82 Å². The summed E-state index contributed by atoms with van der Waals surface area (Å²) in [6.07, 6.45) is 0. The zero-order valence-electron chi connectivity index (χ0n) is 14.5. The van der Waals surface area contributed by atoms with Gasteiger partial charge in [-0.15, -0.1) is 0 Å². The van der Waals surface area contributed by atoms with Crippen molar-refractivity contribution in [3.8, 4) is 11.1 Å². The van der Waals surface area contributed by atoms with Crippen molar-refractivity contribution in [1.82, 2.24) is 0 Å². The van der Waals surface area contributed by atoms with Crippen LogP contribution >= 0.6 is 44.5 Å². The fraction of sp³-hybridized carbons (Fsp3) is 0.200. The first-order chi connectivity index (χ1) is 12.3. The number of nitrogens with zero attached hydrogens (tertiary/aromatic N) is 1. The van der Waals surface area contributed by atoms with Crippen LogP contribution in [0.15, 0.2) is 42.5 Å². The molecule has 4 rings (SSSR count). The Balaban J connectivity index is 1.97. The van der Waals surface area contributed by atoms with Crippen molar-refractivity contribution < 1.29 is 4.79 Å². The minimum atomic E-state index is -0.490. The van der Waals surface area contributed by atoms with Crippen LogP contribution in [0.4, 0.5) is 5.69 Å². The molecule has 0 bridgehead atoms. The van der Waals surface area contributed by atoms with Gasteiger partial charge in [0.2, 0.25) is 0 Å². The van der Waals surface area contributed by atoms with Crippen molar-refractivity contribution in [2.24, 2.45) is 0 Å². The molecule has 1 amide bonds. The van der Waals surface area contributed by atoms with Gasteiger partial charge in [0.15, 0.2) is 0 Å². The zero-order valence-corrected chi connectivity index (χ0v) is 17.7. The number of amides is 1. The Bertz CT molecular complexity index is 1080. The maximum Gasteiger partial charge on any atom is 0.259 e. The third-order valence-electron chi connectivity index (χ3n) is 4.72. The van der Waals surface area contributed by atoms with E-state index in [4.69, 9.17) is 23.8 Å². The minimum absolute atomic E-state index is 0.0199. The van der Waals surface area contributed by atoms with Crippen LogP contribution in [-0.4, -0.2) is 5.91 Å². The zero-order chi connectivity index (χ0) is 18.6. The molecule has 1 aliphatic heterocycles. The van der Waals surface area contributed by atoms with Gasteiger partial charge in [0, 0.05) is 21.7 Å². The normalized spacial score (nSPS) is 14.7. The van der Waals surface area contributed by atoms with Crippen molar-refractivity contribution in [2.75, 3.05) is 4.90 Å². The summed E-state index contributed by atoms with van der Waals surface area (Å²) < 4.78 is 0.851. The minimum Gasteiger partial charge on any atom is -0.297 e. The second kappa shape index (κ2) is 6.27. The molecule has 0 saturated heterocycles. The summed E-state index contributed by atoms with van der Waals surface area (Å²) in [4.78, 5) is 16.5. The molecule has 0 spiro atoms. The van der Waals surface area contributed by atoms with Crippen LogP contribution in [0.5, 0.6) is 0 Å². The lowest BCUT2D eigenvalue weighted by Crippen LogP contribution is -2.47. The summed E-state index contributed by atoms with van der Waals surface area (Å²) in [6, 6.07) is 13.4. The van der Waals surface area contributed by atoms with Gasteiger partial charge in [-0.3, -0.25) is 9.69 Å². The van der Waals surface area contributed by atoms with Crippen molar-refractivity contribution >= 4 is 56.1 Å². The van der Waals surface area contributed by atoms with Gasteiger partial charge in [-0.25, -0.2) is 0 Å². The molecule has 0 aliphatic carbocycles. The molecular weight excluding hydrogens is 402 g/mol. The van der Waals surface area contributed by atoms with Crippen molar-refractivity contribution in [2.45, 2.75) is 26.3 Å². The lowest BCUT2D eigenvalue weighted by molar-refractivity contribution is 0.0961. The quantitative estimate of drug-likeness (QED) is 0.312. The smallest absolute Gasteiger partial charge is 0.259 e. The summed E-state index contributed by atoms with van der Waals surface area (Å²) in [6.45, 7) is 6.17. The summed E-state index contributed by atoms with van der Waals surface area (Å²) in [5, 5.41) is 0.641. The number of halogens is 1. The largest absolute Gasteiger partial charge is 0.297 e. The molecule has 0 radical (unpaired) electrons. The number of hydrogen-bond donors (Lipinski definition) is 0. The lowest BCUT2D eigenvalue weighted by Gasteiger charge is -2.43. The Labute approximate surface area is 170 Å². The molecule has 2 heterocycles. The first-order valence-electron chi connectivity index (χ1n) is 8.15. The maximum atomic E-state index is 13.5. The molecule has 0 atom stereocenters. The first kappa shape index (κ1) is 17.9. The molecule has 0 fully saturated rings. The van der Waals surface area contributed by atoms with Crippen LogP contribution < -0.4 is 4.90 Å². The van der Waals surface area contributed by atoms with Crippen LogP contribution in [0.25, 0.3) is 11.1 Å². The lowest BCUT2D eigenvalue weighted by atomic mass is 9.87. The second-order valence-electron chi connectivity index (χ2n) is 6.89. The highest BCUT2D eigenvalue weighted by Crippen LogP contribution is 2.52. The topological polar surface area (TPSA) is 20.3 Å². The van der Waals surface area contributed by atoms with Crippen LogP contribution in [0.2, 0.25) is 5.02 Å². The van der Waals surface area contributed by atoms with Crippen molar-refractivity contribution in [3.63, 3.8) is 0 Å². The maximum absolute atomic E-state index is 13.5. The van der Waals surface area contributed by atoms with E-state index >= 15 is 0 Å². The molecule has 6 heteroatoms. The van der Waals surface area contributed by atoms with E-state index in [0.717, 1.165) is 31.1 Å². The first-order valence-corrected chi connectivity index (χ1v) is 11.1. The van der Waals surface area contributed by atoms with Crippen molar-refractivity contribution in [3.05, 3.63) is 67.3 Å². The second-order valence-corrected chi connectivity index (χ2v) is 10.1. The molecule has 132 valence electrons. The van der Waals surface area contributed by atoms with Crippen LogP contribution in [0.3, 0.4) is 0 Å². The highest BCUT2D eigenvalue weighted by atomic mass is 35.5. The number of anilines is 1. The average Bonchev–Trinajstić information content (AvgIpc) is 2.99. The van der Waals surface area contributed by atoms with Gasteiger partial charge in [0.05, 0.1) is 16.1 Å². The number of benzene rings is 2. The molecule has 0 saturated carbocycles. The molecular formula is C20H16ClNOS3. The predicted octanol–water partition coefficient (Wildman–Crippen LogP) is 7.06. The molecule has 3 aromatic rings. The number of carbonyl (C=O) groups excluding carboxylic acids is 1. The highest BCUT2D eigenvalue weighted by molar-refractivity contribution is 7.80. The number of carbonyl (C=O) groups is 1. The third kappa shape index (κ3) is 2.65. The van der Waals surface area contributed by atoms with Crippen LogP contribution in [-0.2, 0) is 5.54 Å². The van der Waals surface area contributed by atoms with E-state index in [1.54, 1.807) is 20.7 Å². The SMILES string of the molecule is Cc1ccc(C(=O)N2c3ccc(Cl)cc3-c3c(ssc3=S)C2(C)C)cc1. The number of rotatable bonds is 1. The Kier molecular flexibility index (Phi) is 4.31. The summed E-state index contributed by atoms with van der Waals surface area (Å²) in [5.74, 6) is -0.0199. The fourth-order valence-corrected chi connectivity index (χ4v) is 6.84. The summed E-state index contributed by atoms with van der Waals surface area (Å²) in [5.41, 5.74) is 4.15. The van der Waals surface area contributed by atoms with Gasteiger partial charge < -0.3 is 0 Å². The summed E-state index contributed by atoms with van der Waals surface area (Å²) in [7, 11) is 3.23. The third-order valence-corrected chi connectivity index (χ3v) is 8.28. The molecule has 2 nitrogen and oxygen atoms in total. The molecule has 1 aliphatic rings. The molecule has 0 unspecified atom stereocenters. The van der Waals surface area contributed by atoms with E-state index < -0.39 is 5.54 Å². The van der Waals surface area contributed by atoms with E-state index in [-0.39, 0.29) is 5.91 Å². The number of hydrogen-bond acceptors (Lipinski definition) is 4. The predicted molar refractivity (Wildman–Crippen MR) is 114 cm³/mol. The van der Waals surface area contributed by atoms with Gasteiger partial charge in [0.25, 0.3) is 5.91 Å². The van der Waals surface area contributed by atoms with Crippen LogP contribution in [0, 0.1) is 10.7 Å². The number of aryl methyl sites for hydroxylation is 1. The van der Waals surface area contributed by atoms with Gasteiger partial charge in [-0.1, -0.05) is 62.2 Å². The molecule has 26 heavy (non-hydrogen) atoms. The Morgan fingerprint density at radius 3 is 2.50 bits per heavy atom. The summed E-state index contributed by atoms with van der Waals surface area (Å²) >= 11 is 11.9. The Morgan fingerprint density at radius 1 is 1.12 bits per heavy atom. The Morgan fingerprint density at radius 2 is 1.81 bits per heavy atom. The molecule has 0 N–H and O–H groups in total. The molecule has 1 aromatic heterocycles. The number of fused-ring (bicyclic) bond motifs is 3. The van der Waals surface area contributed by atoms with E-state index in [2.05, 4.69) is 13.8 Å². The fourth-order valence-electron chi connectivity index (χ4n) is 3.39. The van der Waals surface area contributed by atoms with E-state index in [1.807, 2.05) is 54.3 Å². The van der Waals surface area contributed by atoms with Crippen LogP contribution in [0.1, 0.15) is 34.6 Å².